The highest BCUT2D eigenvalue weighted by atomic mass is 19.1. The number of hydrogen-bond donors (Lipinski definition) is 1. The van der Waals surface area contributed by atoms with Gasteiger partial charge < -0.3 is 24.8 Å². The highest BCUT2D eigenvalue weighted by Crippen LogP contribution is 2.21. The zero-order valence-corrected chi connectivity index (χ0v) is 17.4. The Kier molecular flexibility index (Phi) is 5.98. The summed E-state index contributed by atoms with van der Waals surface area (Å²) < 4.78 is 19.1. The van der Waals surface area contributed by atoms with Crippen molar-refractivity contribution in [3.05, 3.63) is 41.3 Å². The molecule has 1 aromatic heterocycles. The highest BCUT2D eigenvalue weighted by molar-refractivity contribution is 5.90. The lowest BCUT2D eigenvalue weighted by Gasteiger charge is -2.36. The van der Waals surface area contributed by atoms with Crippen molar-refractivity contribution in [1.82, 2.24) is 14.9 Å². The molecule has 0 aliphatic carbocycles. The normalized spacial score (nSPS) is 17.2. The fraction of sp³-hybridized carbons (Fsp3) is 0.476. The molecule has 2 fully saturated rings. The quantitative estimate of drug-likeness (QED) is 0.832. The molecule has 3 heterocycles. The summed E-state index contributed by atoms with van der Waals surface area (Å²) in [4.78, 5) is 28.0. The number of aromatic nitrogens is 2. The van der Waals surface area contributed by atoms with Gasteiger partial charge in [-0.3, -0.25) is 0 Å². The van der Waals surface area contributed by atoms with Crippen molar-refractivity contribution in [3.8, 4) is 0 Å². The summed E-state index contributed by atoms with van der Waals surface area (Å²) in [5, 5.41) is 2.82. The number of halogens is 1. The number of aryl methyl sites for hydroxylation is 1. The molecule has 9 heteroatoms. The van der Waals surface area contributed by atoms with Crippen LogP contribution in [0.15, 0.2) is 24.3 Å². The van der Waals surface area contributed by atoms with Crippen molar-refractivity contribution in [3.63, 3.8) is 0 Å². The van der Waals surface area contributed by atoms with Gasteiger partial charge in [-0.05, 0) is 26.0 Å². The SMILES string of the molecule is Cc1cc(N2CCN(C(=O)Nc3cccc(F)c3C)CC2)nc(N2CCOCC2)n1. The van der Waals surface area contributed by atoms with E-state index in [1.54, 1.807) is 24.0 Å². The second kappa shape index (κ2) is 8.83. The second-order valence-corrected chi connectivity index (χ2v) is 7.58. The maximum atomic E-state index is 13.7. The number of urea groups is 1. The molecule has 2 aliphatic rings. The van der Waals surface area contributed by atoms with Crippen LogP contribution in [0, 0.1) is 19.7 Å². The number of nitrogens with one attached hydrogen (secondary N) is 1. The standard InChI is InChI=1S/C21H27FN6O2/c1-15-14-19(25-20(23-15)27-10-12-30-13-11-27)26-6-8-28(9-7-26)21(29)24-18-5-3-4-17(22)16(18)2/h3-5,14H,6-13H2,1-2H3,(H,24,29). The van der Waals surface area contributed by atoms with Crippen LogP contribution in [-0.4, -0.2) is 73.4 Å². The minimum absolute atomic E-state index is 0.212. The van der Waals surface area contributed by atoms with Crippen molar-refractivity contribution in [2.24, 2.45) is 0 Å². The van der Waals surface area contributed by atoms with E-state index in [9.17, 15) is 9.18 Å². The molecule has 30 heavy (non-hydrogen) atoms. The summed E-state index contributed by atoms with van der Waals surface area (Å²) in [6.07, 6.45) is 0. The molecule has 0 atom stereocenters. The number of carbonyl (C=O) groups is 1. The van der Waals surface area contributed by atoms with Gasteiger partial charge in [0.2, 0.25) is 5.95 Å². The number of anilines is 3. The average molecular weight is 414 g/mol. The first-order valence-electron chi connectivity index (χ1n) is 10.3. The lowest BCUT2D eigenvalue weighted by Crippen LogP contribution is -2.50. The van der Waals surface area contributed by atoms with Gasteiger partial charge in [0.1, 0.15) is 11.6 Å². The van der Waals surface area contributed by atoms with E-state index in [-0.39, 0.29) is 11.8 Å². The van der Waals surface area contributed by atoms with Gasteiger partial charge in [-0.25, -0.2) is 14.2 Å². The lowest BCUT2D eigenvalue weighted by atomic mass is 10.2. The average Bonchev–Trinajstić information content (AvgIpc) is 2.77. The van der Waals surface area contributed by atoms with Crippen LogP contribution < -0.4 is 15.1 Å². The molecule has 2 aromatic rings. The van der Waals surface area contributed by atoms with Gasteiger partial charge in [0.05, 0.1) is 13.2 Å². The highest BCUT2D eigenvalue weighted by Gasteiger charge is 2.24. The van der Waals surface area contributed by atoms with E-state index in [0.717, 1.165) is 30.5 Å². The summed E-state index contributed by atoms with van der Waals surface area (Å²) in [6, 6.07) is 6.47. The first-order chi connectivity index (χ1) is 14.5. The molecule has 1 aromatic carbocycles. The molecule has 0 unspecified atom stereocenters. The third-order valence-electron chi connectivity index (χ3n) is 5.52. The molecule has 0 saturated carbocycles. The molecular formula is C21H27FN6O2. The summed E-state index contributed by atoms with van der Waals surface area (Å²) >= 11 is 0. The van der Waals surface area contributed by atoms with Crippen molar-refractivity contribution < 1.29 is 13.9 Å². The monoisotopic (exact) mass is 414 g/mol. The van der Waals surface area contributed by atoms with Gasteiger partial charge in [-0.1, -0.05) is 6.07 Å². The topological polar surface area (TPSA) is 73.8 Å². The van der Waals surface area contributed by atoms with Crippen LogP contribution in [0.1, 0.15) is 11.3 Å². The Morgan fingerprint density at radius 1 is 1.03 bits per heavy atom. The molecular weight excluding hydrogens is 387 g/mol. The molecule has 2 aliphatic heterocycles. The number of morpholine rings is 1. The Labute approximate surface area is 175 Å². The number of piperazine rings is 1. The van der Waals surface area contributed by atoms with Crippen LogP contribution in [0.4, 0.5) is 26.6 Å². The van der Waals surface area contributed by atoms with Crippen LogP contribution in [-0.2, 0) is 4.74 Å². The number of carbonyl (C=O) groups excluding carboxylic acids is 1. The lowest BCUT2D eigenvalue weighted by molar-refractivity contribution is 0.122. The molecule has 2 saturated heterocycles. The van der Waals surface area contributed by atoms with Crippen molar-refractivity contribution in [2.45, 2.75) is 13.8 Å². The van der Waals surface area contributed by atoms with Crippen LogP contribution in [0.5, 0.6) is 0 Å². The maximum absolute atomic E-state index is 13.7. The minimum atomic E-state index is -0.326. The predicted molar refractivity (Wildman–Crippen MR) is 114 cm³/mol. The molecule has 160 valence electrons. The Morgan fingerprint density at radius 2 is 1.77 bits per heavy atom. The van der Waals surface area contributed by atoms with Crippen molar-refractivity contribution in [2.75, 3.05) is 67.6 Å². The van der Waals surface area contributed by atoms with Crippen LogP contribution in [0.3, 0.4) is 0 Å². The third-order valence-corrected chi connectivity index (χ3v) is 5.52. The largest absolute Gasteiger partial charge is 0.378 e. The first kappa shape index (κ1) is 20.3. The van der Waals surface area contributed by atoms with E-state index in [4.69, 9.17) is 9.72 Å². The van der Waals surface area contributed by atoms with E-state index >= 15 is 0 Å². The van der Waals surface area contributed by atoms with Gasteiger partial charge in [-0.2, -0.15) is 4.98 Å². The number of amides is 2. The van der Waals surface area contributed by atoms with Crippen molar-refractivity contribution in [1.29, 1.82) is 0 Å². The molecule has 4 rings (SSSR count). The fourth-order valence-corrected chi connectivity index (χ4v) is 3.68. The van der Waals surface area contributed by atoms with Crippen molar-refractivity contribution >= 4 is 23.5 Å². The van der Waals surface area contributed by atoms with Crippen LogP contribution in [0.25, 0.3) is 0 Å². The number of ether oxygens (including phenoxy) is 1. The molecule has 0 spiro atoms. The third kappa shape index (κ3) is 4.46. The minimum Gasteiger partial charge on any atom is -0.378 e. The number of rotatable bonds is 3. The predicted octanol–water partition coefficient (Wildman–Crippen LogP) is 2.42. The molecule has 8 nitrogen and oxygen atoms in total. The van der Waals surface area contributed by atoms with Crippen LogP contribution >= 0.6 is 0 Å². The zero-order valence-electron chi connectivity index (χ0n) is 17.4. The Hall–Kier alpha value is -2.94. The van der Waals surface area contributed by atoms with Gasteiger partial charge in [0, 0.05) is 62.3 Å². The van der Waals surface area contributed by atoms with E-state index in [0.29, 0.717) is 50.6 Å². The number of nitrogens with zero attached hydrogens (tertiary/aromatic N) is 5. The van der Waals surface area contributed by atoms with Gasteiger partial charge in [0.25, 0.3) is 0 Å². The molecule has 1 N–H and O–H groups in total. The van der Waals surface area contributed by atoms with E-state index < -0.39 is 0 Å². The second-order valence-electron chi connectivity index (χ2n) is 7.58. The maximum Gasteiger partial charge on any atom is 0.321 e. The molecule has 0 bridgehead atoms. The first-order valence-corrected chi connectivity index (χ1v) is 10.3. The Morgan fingerprint density at radius 3 is 2.50 bits per heavy atom. The van der Waals surface area contributed by atoms with Gasteiger partial charge in [0.15, 0.2) is 0 Å². The summed E-state index contributed by atoms with van der Waals surface area (Å²) in [6.45, 7) is 9.06. The van der Waals surface area contributed by atoms with E-state index in [2.05, 4.69) is 20.1 Å². The molecule has 0 radical (unpaired) electrons. The Bertz CT molecular complexity index is 910. The smallest absolute Gasteiger partial charge is 0.321 e. The molecule has 2 amide bonds. The number of hydrogen-bond acceptors (Lipinski definition) is 6. The Balaban J connectivity index is 1.39. The van der Waals surface area contributed by atoms with Crippen LogP contribution in [0.2, 0.25) is 0 Å². The number of benzene rings is 1. The summed E-state index contributed by atoms with van der Waals surface area (Å²) in [7, 11) is 0. The van der Waals surface area contributed by atoms with E-state index in [1.165, 1.54) is 6.07 Å². The van der Waals surface area contributed by atoms with E-state index in [1.807, 2.05) is 13.0 Å². The summed E-state index contributed by atoms with van der Waals surface area (Å²) in [5.74, 6) is 1.29. The van der Waals surface area contributed by atoms with Gasteiger partial charge in [-0.15, -0.1) is 0 Å². The summed E-state index contributed by atoms with van der Waals surface area (Å²) in [5.41, 5.74) is 1.86. The zero-order chi connectivity index (χ0) is 21.1. The van der Waals surface area contributed by atoms with Gasteiger partial charge >= 0.3 is 6.03 Å². The fourth-order valence-electron chi connectivity index (χ4n) is 3.68.